The van der Waals surface area contributed by atoms with Crippen LogP contribution in [-0.2, 0) is 25.8 Å². The second-order valence-corrected chi connectivity index (χ2v) is 12.9. The molecule has 0 nitrogen and oxygen atoms in total. The van der Waals surface area contributed by atoms with Gasteiger partial charge < -0.3 is 31.2 Å². The molecule has 34 heavy (non-hydrogen) atoms. The van der Waals surface area contributed by atoms with E-state index in [9.17, 15) is 0 Å². The second kappa shape index (κ2) is 15.4. The van der Waals surface area contributed by atoms with E-state index in [1.165, 1.54) is 87.8 Å². The molecule has 2 atom stereocenters. The van der Waals surface area contributed by atoms with Crippen LogP contribution in [0.25, 0.3) is 10.8 Å². The van der Waals surface area contributed by atoms with Crippen LogP contribution in [-0.4, -0.2) is 11.3 Å². The van der Waals surface area contributed by atoms with Crippen molar-refractivity contribution in [3.8, 4) is 0 Å². The zero-order valence-corrected chi connectivity index (χ0v) is 26.3. The predicted octanol–water partition coefficient (Wildman–Crippen LogP) is 2.68. The fourth-order valence-corrected chi connectivity index (χ4v) is 10.3. The van der Waals surface area contributed by atoms with Crippen LogP contribution in [0.3, 0.4) is 0 Å². The zero-order chi connectivity index (χ0) is 20.9. The van der Waals surface area contributed by atoms with Crippen molar-refractivity contribution in [2.45, 2.75) is 88.4 Å². The van der Waals surface area contributed by atoms with Gasteiger partial charge in [0.25, 0.3) is 0 Å². The zero-order valence-electron chi connectivity index (χ0n) is 20.3. The van der Waals surface area contributed by atoms with Crippen molar-refractivity contribution in [2.24, 2.45) is 11.8 Å². The number of rotatable bonds is 3. The summed E-state index contributed by atoms with van der Waals surface area (Å²) in [5, 5.41) is 4.67. The summed E-state index contributed by atoms with van der Waals surface area (Å²) < 4.78 is 0. The summed E-state index contributed by atoms with van der Waals surface area (Å²) in [6.07, 6.45) is 29.0. The second-order valence-electron chi connectivity index (χ2n) is 10.2. The first-order chi connectivity index (χ1) is 15.4. The Morgan fingerprint density at radius 1 is 0.735 bits per heavy atom. The van der Waals surface area contributed by atoms with Gasteiger partial charge in [-0.25, -0.2) is 0 Å². The number of hydrogen-bond donors (Lipinski definition) is 0. The van der Waals surface area contributed by atoms with E-state index >= 15 is 0 Å². The average Bonchev–Trinajstić information content (AvgIpc) is 3.48. The van der Waals surface area contributed by atoms with Crippen molar-refractivity contribution in [1.29, 1.82) is 0 Å². The van der Waals surface area contributed by atoms with E-state index in [0.717, 1.165) is 23.2 Å². The molecule has 4 aliphatic carbocycles. The summed E-state index contributed by atoms with van der Waals surface area (Å²) in [6, 6.07) is 14.1. The third-order valence-corrected chi connectivity index (χ3v) is 11.5. The molecule has 182 valence electrons. The van der Waals surface area contributed by atoms with Crippen molar-refractivity contribution < 1.29 is 50.7 Å². The van der Waals surface area contributed by atoms with E-state index < -0.39 is 0 Å². The van der Waals surface area contributed by atoms with Crippen molar-refractivity contribution >= 4 is 24.0 Å². The Kier molecular flexibility index (Phi) is 13.8. The van der Waals surface area contributed by atoms with E-state index in [1.54, 1.807) is 5.30 Å². The van der Waals surface area contributed by atoms with Crippen molar-refractivity contribution in [3.63, 3.8) is 0 Å². The molecule has 3 saturated carbocycles. The molecule has 0 saturated heterocycles. The Bertz CT molecular complexity index is 823. The Hall–Kier alpha value is 0.190. The van der Waals surface area contributed by atoms with Gasteiger partial charge in [-0.1, -0.05) is 77.2 Å². The van der Waals surface area contributed by atoms with Gasteiger partial charge in [0.1, 0.15) is 0 Å². The minimum absolute atomic E-state index is 0. The standard InChI is InChI=1S/C21H28P.C9H11.2ClH.Hf/c1-3-11-19(12-4-1)22(20-13-5-2-6-14-20)21-15-17-9-7-8-10-18(17)16-21;1-2-5-9-7-3-6-8(9)4-1;;;/h7-10,15-16,19-20H,1-6,11-14H2;1-2,4-6,8-9H,3,7H2;2*1H;/q2*-1;;;+4/p-2. The number of allylic oxidation sites excluding steroid dienone is 4. The molecule has 2 unspecified atom stereocenters. The van der Waals surface area contributed by atoms with Gasteiger partial charge in [-0.05, 0) is 42.9 Å². The van der Waals surface area contributed by atoms with Crippen LogP contribution < -0.4 is 30.1 Å². The molecular weight excluding hydrogens is 641 g/mol. The first-order valence-corrected chi connectivity index (χ1v) is 14.5. The summed E-state index contributed by atoms with van der Waals surface area (Å²) in [7, 11) is 0.0611. The van der Waals surface area contributed by atoms with Crippen LogP contribution >= 0.6 is 7.92 Å². The average molecular weight is 680 g/mol. The first kappa shape index (κ1) is 30.4. The van der Waals surface area contributed by atoms with E-state index in [2.05, 4.69) is 67.1 Å². The van der Waals surface area contributed by atoms with Crippen molar-refractivity contribution in [1.82, 2.24) is 0 Å². The first-order valence-electron chi connectivity index (χ1n) is 13.0. The number of fused-ring (bicyclic) bond motifs is 2. The summed E-state index contributed by atoms with van der Waals surface area (Å²) in [4.78, 5) is 0. The van der Waals surface area contributed by atoms with Gasteiger partial charge in [-0.3, -0.25) is 0 Å². The molecule has 0 spiro atoms. The monoisotopic (exact) mass is 680 g/mol. The molecular formula is C30H39Cl2HfP. The molecule has 0 N–H and O–H groups in total. The van der Waals surface area contributed by atoms with Crippen LogP contribution in [0.2, 0.25) is 0 Å². The Labute approximate surface area is 240 Å². The van der Waals surface area contributed by atoms with Gasteiger partial charge in [0.05, 0.1) is 0 Å². The van der Waals surface area contributed by atoms with Crippen LogP contribution in [0.4, 0.5) is 0 Å². The third kappa shape index (κ3) is 7.60. The van der Waals surface area contributed by atoms with Crippen LogP contribution in [0.15, 0.2) is 60.7 Å². The molecule has 0 bridgehead atoms. The fourth-order valence-electron chi connectivity index (χ4n) is 6.41. The molecule has 6 rings (SSSR count). The van der Waals surface area contributed by atoms with E-state index in [0.29, 0.717) is 0 Å². The molecule has 0 aromatic heterocycles. The summed E-state index contributed by atoms with van der Waals surface area (Å²) >= 11 is 0. The van der Waals surface area contributed by atoms with Gasteiger partial charge in [0.15, 0.2) is 0 Å². The van der Waals surface area contributed by atoms with Gasteiger partial charge in [0.2, 0.25) is 0 Å². The van der Waals surface area contributed by atoms with Gasteiger partial charge in [0, 0.05) is 0 Å². The fraction of sp³-hybridized carbons (Fsp3) is 0.533. The smallest absolute Gasteiger partial charge is 1.00 e. The maximum atomic E-state index is 2.55. The minimum atomic E-state index is 0. The van der Waals surface area contributed by atoms with Crippen molar-refractivity contribution in [2.75, 3.05) is 0 Å². The molecule has 4 aliphatic rings. The topological polar surface area (TPSA) is 0 Å². The molecule has 2 aromatic carbocycles. The number of hydrogen-bond acceptors (Lipinski definition) is 0. The van der Waals surface area contributed by atoms with Crippen LogP contribution in [0.1, 0.15) is 77.0 Å². The summed E-state index contributed by atoms with van der Waals surface area (Å²) in [5.74, 6) is 1.62. The van der Waals surface area contributed by atoms with Crippen molar-refractivity contribution in [3.05, 3.63) is 67.1 Å². The number of benzene rings is 1. The van der Waals surface area contributed by atoms with Crippen LogP contribution in [0.5, 0.6) is 0 Å². The van der Waals surface area contributed by atoms with Gasteiger partial charge >= 0.3 is 25.8 Å². The van der Waals surface area contributed by atoms with Gasteiger partial charge in [-0.2, -0.15) is 12.5 Å². The number of halogens is 2. The summed E-state index contributed by atoms with van der Waals surface area (Å²) in [6.45, 7) is 0. The largest absolute Gasteiger partial charge is 4.00 e. The van der Waals surface area contributed by atoms with Crippen LogP contribution in [0, 0.1) is 18.3 Å². The summed E-state index contributed by atoms with van der Waals surface area (Å²) in [5.41, 5.74) is 2.03. The van der Waals surface area contributed by atoms with E-state index in [4.69, 9.17) is 0 Å². The Balaban J connectivity index is 0.000000290. The predicted molar refractivity (Wildman–Crippen MR) is 139 cm³/mol. The molecule has 0 radical (unpaired) electrons. The molecule has 0 amide bonds. The normalized spacial score (nSPS) is 24.4. The maximum absolute atomic E-state index is 2.55. The van der Waals surface area contributed by atoms with E-state index in [-0.39, 0.29) is 58.6 Å². The molecule has 4 heteroatoms. The minimum Gasteiger partial charge on any atom is -1.00 e. The molecule has 2 aromatic rings. The van der Waals surface area contributed by atoms with E-state index in [1.807, 2.05) is 0 Å². The van der Waals surface area contributed by atoms with Gasteiger partial charge in [-0.15, -0.1) is 52.3 Å². The maximum Gasteiger partial charge on any atom is 4.00 e. The third-order valence-electron chi connectivity index (χ3n) is 8.07. The Morgan fingerprint density at radius 3 is 1.97 bits per heavy atom. The Morgan fingerprint density at radius 2 is 1.35 bits per heavy atom. The molecule has 0 heterocycles. The molecule has 3 fully saturated rings. The molecule has 0 aliphatic heterocycles. The SMILES string of the molecule is C1=CC2[CH-]CCC2C=C1.[Cl-].[Cl-].[Hf+4].c1ccc2[cH-]c(P(C3CCCCC3)C3CCCCC3)cc2c1. The quantitative estimate of drug-likeness (QED) is 0.266.